The zero-order valence-corrected chi connectivity index (χ0v) is 12.3. The van der Waals surface area contributed by atoms with Gasteiger partial charge >= 0.3 is 0 Å². The number of aryl methyl sites for hydroxylation is 1. The van der Waals surface area contributed by atoms with E-state index in [0.29, 0.717) is 0 Å². The van der Waals surface area contributed by atoms with Gasteiger partial charge in [-0.2, -0.15) is 0 Å². The highest BCUT2D eigenvalue weighted by atomic mass is 14.7. The second kappa shape index (κ2) is 4.14. The predicted molar refractivity (Wildman–Crippen MR) is 90.0 cm³/mol. The Kier molecular flexibility index (Phi) is 2.23. The lowest BCUT2D eigenvalue weighted by Crippen LogP contribution is -1.90. The van der Waals surface area contributed by atoms with Gasteiger partial charge in [-0.3, -0.25) is 9.97 Å². The molecule has 2 nitrogen and oxygen atoms in total. The lowest BCUT2D eigenvalue weighted by atomic mass is 10.0. The zero-order chi connectivity index (χ0) is 14.7. The van der Waals surface area contributed by atoms with E-state index in [4.69, 9.17) is 4.98 Å². The van der Waals surface area contributed by atoms with Gasteiger partial charge in [0.15, 0.2) is 0 Å². The maximum Gasteiger partial charge on any atom is 0.0967 e. The lowest BCUT2D eigenvalue weighted by molar-refractivity contribution is 1.26. The van der Waals surface area contributed by atoms with Crippen molar-refractivity contribution in [2.45, 2.75) is 13.3 Å². The first-order chi connectivity index (χ1) is 10.8. The number of hydrogen-bond acceptors (Lipinski definition) is 2. The van der Waals surface area contributed by atoms with Gasteiger partial charge in [-0.25, -0.2) is 0 Å². The van der Waals surface area contributed by atoms with E-state index < -0.39 is 0 Å². The standard InChI is InChI=1S/C20H14N2/c1-12-4-5-14-10-17-15-7-6-13-3-2-8-21-19(13)20(15)22-11-18(17)16(14)9-12/h2-9,11H,10H2,1H3. The summed E-state index contributed by atoms with van der Waals surface area (Å²) < 4.78 is 0. The fourth-order valence-electron chi connectivity index (χ4n) is 3.56. The maximum absolute atomic E-state index is 4.75. The molecule has 1 aliphatic rings. The molecule has 0 unspecified atom stereocenters. The molecule has 5 rings (SSSR count). The highest BCUT2D eigenvalue weighted by Crippen LogP contribution is 2.40. The van der Waals surface area contributed by atoms with Gasteiger partial charge in [-0.15, -0.1) is 0 Å². The van der Waals surface area contributed by atoms with Gasteiger partial charge in [-0.1, -0.05) is 42.0 Å². The van der Waals surface area contributed by atoms with E-state index >= 15 is 0 Å². The minimum absolute atomic E-state index is 0.988. The number of benzene rings is 2. The smallest absolute Gasteiger partial charge is 0.0967 e. The second-order valence-electron chi connectivity index (χ2n) is 6.02. The van der Waals surface area contributed by atoms with Gasteiger partial charge in [0, 0.05) is 28.7 Å². The zero-order valence-electron chi connectivity index (χ0n) is 12.3. The minimum atomic E-state index is 0.988. The Hall–Kier alpha value is -2.74. The SMILES string of the molecule is Cc1ccc2c(c1)-c1cnc3c(ccc4cccnc43)c1C2. The molecule has 0 N–H and O–H groups in total. The van der Waals surface area contributed by atoms with E-state index in [1.165, 1.54) is 33.2 Å². The summed E-state index contributed by atoms with van der Waals surface area (Å²) in [7, 11) is 0. The molecular formula is C20H14N2. The van der Waals surface area contributed by atoms with E-state index in [9.17, 15) is 0 Å². The molecule has 0 radical (unpaired) electrons. The van der Waals surface area contributed by atoms with Crippen molar-refractivity contribution in [1.29, 1.82) is 0 Å². The Labute approximate surface area is 128 Å². The Bertz CT molecular complexity index is 1060. The lowest BCUT2D eigenvalue weighted by Gasteiger charge is -2.07. The van der Waals surface area contributed by atoms with Gasteiger partial charge in [0.1, 0.15) is 0 Å². The summed E-state index contributed by atoms with van der Waals surface area (Å²) in [4.78, 5) is 9.28. The highest BCUT2D eigenvalue weighted by molar-refractivity contribution is 6.06. The number of nitrogens with zero attached hydrogens (tertiary/aromatic N) is 2. The summed E-state index contributed by atoms with van der Waals surface area (Å²) in [6.45, 7) is 2.14. The molecule has 0 saturated heterocycles. The quantitative estimate of drug-likeness (QED) is 0.386. The molecule has 0 amide bonds. The van der Waals surface area contributed by atoms with Crippen molar-refractivity contribution in [2.24, 2.45) is 0 Å². The summed E-state index contributed by atoms with van der Waals surface area (Å²) >= 11 is 0. The van der Waals surface area contributed by atoms with Crippen LogP contribution in [0.2, 0.25) is 0 Å². The molecule has 2 heteroatoms. The van der Waals surface area contributed by atoms with Crippen LogP contribution < -0.4 is 0 Å². The molecule has 104 valence electrons. The van der Waals surface area contributed by atoms with E-state index in [2.05, 4.69) is 48.3 Å². The number of aromatic nitrogens is 2. The van der Waals surface area contributed by atoms with Crippen LogP contribution in [0.4, 0.5) is 0 Å². The molecule has 0 bridgehead atoms. The molecule has 2 heterocycles. The molecule has 4 aromatic rings. The van der Waals surface area contributed by atoms with Crippen LogP contribution in [-0.2, 0) is 6.42 Å². The fourth-order valence-corrected chi connectivity index (χ4v) is 3.56. The normalized spacial score (nSPS) is 12.6. The van der Waals surface area contributed by atoms with Gasteiger partial charge < -0.3 is 0 Å². The third-order valence-electron chi connectivity index (χ3n) is 4.64. The van der Waals surface area contributed by atoms with Crippen molar-refractivity contribution in [3.05, 3.63) is 71.5 Å². The summed E-state index contributed by atoms with van der Waals surface area (Å²) in [6, 6.07) is 15.1. The van der Waals surface area contributed by atoms with Gasteiger partial charge in [0.2, 0.25) is 0 Å². The average Bonchev–Trinajstić information content (AvgIpc) is 2.92. The number of pyridine rings is 2. The van der Waals surface area contributed by atoms with Crippen molar-refractivity contribution in [2.75, 3.05) is 0 Å². The van der Waals surface area contributed by atoms with Crippen LogP contribution in [0.5, 0.6) is 0 Å². The summed E-state index contributed by atoms with van der Waals surface area (Å²) in [5.41, 5.74) is 8.71. The molecular weight excluding hydrogens is 268 g/mol. The van der Waals surface area contributed by atoms with Crippen LogP contribution in [0.1, 0.15) is 16.7 Å². The Morgan fingerprint density at radius 3 is 2.82 bits per heavy atom. The predicted octanol–water partition coefficient (Wildman–Crippen LogP) is 4.66. The first kappa shape index (κ1) is 11.9. The number of rotatable bonds is 0. The van der Waals surface area contributed by atoms with Crippen LogP contribution in [0.3, 0.4) is 0 Å². The molecule has 0 aliphatic heterocycles. The second-order valence-corrected chi connectivity index (χ2v) is 6.02. The van der Waals surface area contributed by atoms with E-state index in [1.54, 1.807) is 0 Å². The molecule has 22 heavy (non-hydrogen) atoms. The molecule has 0 saturated carbocycles. The van der Waals surface area contributed by atoms with Crippen molar-refractivity contribution < 1.29 is 0 Å². The fraction of sp³-hybridized carbons (Fsp3) is 0.100. The first-order valence-electron chi connectivity index (χ1n) is 7.56. The van der Waals surface area contributed by atoms with E-state index in [-0.39, 0.29) is 0 Å². The monoisotopic (exact) mass is 282 g/mol. The maximum atomic E-state index is 4.75. The summed E-state index contributed by atoms with van der Waals surface area (Å²) in [5.74, 6) is 0. The van der Waals surface area contributed by atoms with Crippen LogP contribution in [0, 0.1) is 6.92 Å². The molecule has 2 aromatic carbocycles. The van der Waals surface area contributed by atoms with Crippen LogP contribution in [0.25, 0.3) is 32.9 Å². The number of hydrogen-bond donors (Lipinski definition) is 0. The average molecular weight is 282 g/mol. The summed E-state index contributed by atoms with van der Waals surface area (Å²) in [5, 5.41) is 2.38. The molecule has 2 aromatic heterocycles. The van der Waals surface area contributed by atoms with E-state index in [0.717, 1.165) is 22.8 Å². The van der Waals surface area contributed by atoms with E-state index in [1.807, 2.05) is 18.5 Å². The third-order valence-corrected chi connectivity index (χ3v) is 4.64. The Morgan fingerprint density at radius 2 is 1.86 bits per heavy atom. The first-order valence-corrected chi connectivity index (χ1v) is 7.56. The van der Waals surface area contributed by atoms with Crippen molar-refractivity contribution in [1.82, 2.24) is 9.97 Å². The van der Waals surface area contributed by atoms with Gasteiger partial charge in [-0.05, 0) is 36.1 Å². The Morgan fingerprint density at radius 1 is 0.909 bits per heavy atom. The molecule has 1 aliphatic carbocycles. The van der Waals surface area contributed by atoms with Gasteiger partial charge in [0.05, 0.1) is 11.0 Å². The molecule has 0 spiro atoms. The molecule has 0 atom stereocenters. The highest BCUT2D eigenvalue weighted by Gasteiger charge is 2.21. The molecule has 0 fully saturated rings. The third kappa shape index (κ3) is 1.49. The van der Waals surface area contributed by atoms with Crippen LogP contribution in [0.15, 0.2) is 54.9 Å². The topological polar surface area (TPSA) is 25.8 Å². The van der Waals surface area contributed by atoms with Gasteiger partial charge in [0.25, 0.3) is 0 Å². The van der Waals surface area contributed by atoms with Crippen LogP contribution in [-0.4, -0.2) is 9.97 Å². The number of fused-ring (bicyclic) bond motifs is 7. The minimum Gasteiger partial charge on any atom is -0.254 e. The van der Waals surface area contributed by atoms with Crippen molar-refractivity contribution in [3.8, 4) is 11.1 Å². The largest absolute Gasteiger partial charge is 0.254 e. The Balaban J connectivity index is 1.88. The van der Waals surface area contributed by atoms with Crippen LogP contribution >= 0.6 is 0 Å². The van der Waals surface area contributed by atoms with Crippen molar-refractivity contribution >= 4 is 21.8 Å². The van der Waals surface area contributed by atoms with Crippen molar-refractivity contribution in [3.63, 3.8) is 0 Å². The summed E-state index contributed by atoms with van der Waals surface area (Å²) in [6.07, 6.45) is 4.86.